The molecule has 6 nitrogen and oxygen atoms in total. The van der Waals surface area contributed by atoms with Crippen LogP contribution in [0.5, 0.6) is 0 Å². The molecule has 158 valence electrons. The second-order valence-corrected chi connectivity index (χ2v) is 9.49. The van der Waals surface area contributed by atoms with Gasteiger partial charge in [0.15, 0.2) is 5.76 Å². The Morgan fingerprint density at radius 1 is 1.23 bits per heavy atom. The van der Waals surface area contributed by atoms with E-state index in [9.17, 15) is 4.79 Å². The fourth-order valence-corrected chi connectivity index (χ4v) is 4.77. The van der Waals surface area contributed by atoms with Gasteiger partial charge in [-0.15, -0.1) is 0 Å². The summed E-state index contributed by atoms with van der Waals surface area (Å²) in [5.41, 5.74) is 1.84. The highest BCUT2D eigenvalue weighted by molar-refractivity contribution is 8.26. The molecule has 3 aliphatic heterocycles. The largest absolute Gasteiger partial charge is 0.455 e. The van der Waals surface area contributed by atoms with Gasteiger partial charge in [-0.25, -0.2) is 4.99 Å². The Kier molecular flexibility index (Phi) is 6.55. The van der Waals surface area contributed by atoms with Gasteiger partial charge >= 0.3 is 0 Å². The summed E-state index contributed by atoms with van der Waals surface area (Å²) in [5, 5.41) is 2.62. The predicted molar refractivity (Wildman–Crippen MR) is 127 cm³/mol. The molecule has 0 atom stereocenters. The molecular weight excluding hydrogens is 416 g/mol. The molecule has 3 aliphatic rings. The molecular formula is C22H26N4O2S2. The summed E-state index contributed by atoms with van der Waals surface area (Å²) < 4.78 is 6.50. The van der Waals surface area contributed by atoms with Crippen LogP contribution in [0.25, 0.3) is 11.8 Å². The molecule has 8 heteroatoms. The van der Waals surface area contributed by atoms with Crippen LogP contribution in [-0.4, -0.2) is 59.1 Å². The summed E-state index contributed by atoms with van der Waals surface area (Å²) >= 11 is 6.29. The number of thiocarbonyl (C=S) groups is 1. The van der Waals surface area contributed by atoms with Crippen LogP contribution in [-0.2, 0) is 4.79 Å². The third kappa shape index (κ3) is 5.11. The Labute approximate surface area is 186 Å². The van der Waals surface area contributed by atoms with Gasteiger partial charge in [0.2, 0.25) is 0 Å². The number of aliphatic imine (C=N–C) groups is 1. The van der Waals surface area contributed by atoms with Crippen molar-refractivity contribution in [3.05, 3.63) is 46.8 Å². The topological polar surface area (TPSA) is 61.1 Å². The molecule has 0 spiro atoms. The van der Waals surface area contributed by atoms with Gasteiger partial charge in [-0.05, 0) is 51.1 Å². The van der Waals surface area contributed by atoms with Crippen LogP contribution in [0.3, 0.4) is 0 Å². The first-order valence-electron chi connectivity index (χ1n) is 10.2. The quantitative estimate of drug-likeness (QED) is 0.554. The number of nitrogens with zero attached hydrogens (tertiary/aromatic N) is 3. The van der Waals surface area contributed by atoms with Crippen molar-refractivity contribution in [3.8, 4) is 0 Å². The number of furan rings is 1. The number of hydrogen-bond donors (Lipinski definition) is 1. The number of likely N-dealkylation sites (N-methyl/N-ethyl adjacent to an activating group) is 1. The van der Waals surface area contributed by atoms with Gasteiger partial charge in [-0.2, -0.15) is 0 Å². The SMILES string of the molecule is C=C1/C=C(/c2ccc(/C=C3\SC(=S)NC3=O)o2)N=C(N2CCCN(C)CC2)CCC1. The Balaban J connectivity index is 1.60. The molecule has 0 bridgehead atoms. The Morgan fingerprint density at radius 2 is 2.10 bits per heavy atom. The van der Waals surface area contributed by atoms with Gasteiger partial charge in [0.1, 0.15) is 21.6 Å². The fraction of sp³-hybridized carbons (Fsp3) is 0.409. The van der Waals surface area contributed by atoms with Crippen LogP contribution in [0.2, 0.25) is 0 Å². The van der Waals surface area contributed by atoms with E-state index < -0.39 is 0 Å². The monoisotopic (exact) mass is 442 g/mol. The minimum absolute atomic E-state index is 0.187. The van der Waals surface area contributed by atoms with E-state index in [0.29, 0.717) is 20.7 Å². The second kappa shape index (κ2) is 9.32. The first kappa shape index (κ1) is 21.1. The van der Waals surface area contributed by atoms with Crippen molar-refractivity contribution in [2.75, 3.05) is 33.2 Å². The number of allylic oxidation sites excluding steroid dienone is 2. The predicted octanol–water partition coefficient (Wildman–Crippen LogP) is 3.89. The maximum absolute atomic E-state index is 11.9. The highest BCUT2D eigenvalue weighted by atomic mass is 32.2. The minimum Gasteiger partial charge on any atom is -0.455 e. The summed E-state index contributed by atoms with van der Waals surface area (Å²) in [7, 11) is 2.17. The van der Waals surface area contributed by atoms with Gasteiger partial charge in [0.25, 0.3) is 5.91 Å². The van der Waals surface area contributed by atoms with Crippen LogP contribution in [0.15, 0.2) is 44.7 Å². The third-order valence-corrected chi connectivity index (χ3v) is 6.53. The number of rotatable bonds is 2. The normalized spacial score (nSPS) is 24.8. The molecule has 4 heterocycles. The van der Waals surface area contributed by atoms with Crippen LogP contribution in [0.4, 0.5) is 0 Å². The van der Waals surface area contributed by atoms with Gasteiger partial charge in [0, 0.05) is 32.1 Å². The summed E-state index contributed by atoms with van der Waals surface area (Å²) in [5.74, 6) is 2.22. The molecule has 1 N–H and O–H groups in total. The van der Waals surface area contributed by atoms with Crippen LogP contribution < -0.4 is 5.32 Å². The smallest absolute Gasteiger partial charge is 0.263 e. The van der Waals surface area contributed by atoms with Crippen LogP contribution in [0.1, 0.15) is 37.2 Å². The number of nitrogens with one attached hydrogen (secondary N) is 1. The molecule has 2 saturated heterocycles. The number of thioether (sulfide) groups is 1. The lowest BCUT2D eigenvalue weighted by Crippen LogP contribution is -2.34. The molecule has 0 radical (unpaired) electrons. The molecule has 0 saturated carbocycles. The lowest BCUT2D eigenvalue weighted by atomic mass is 10.1. The zero-order valence-corrected chi connectivity index (χ0v) is 18.8. The molecule has 1 aromatic rings. The van der Waals surface area contributed by atoms with Crippen molar-refractivity contribution in [2.45, 2.75) is 25.7 Å². The van der Waals surface area contributed by atoms with E-state index in [2.05, 4.69) is 28.7 Å². The highest BCUT2D eigenvalue weighted by Gasteiger charge is 2.23. The van der Waals surface area contributed by atoms with Crippen molar-refractivity contribution in [2.24, 2.45) is 4.99 Å². The first-order chi connectivity index (χ1) is 14.5. The summed E-state index contributed by atoms with van der Waals surface area (Å²) in [6, 6.07) is 3.76. The van der Waals surface area contributed by atoms with E-state index in [4.69, 9.17) is 21.6 Å². The summed E-state index contributed by atoms with van der Waals surface area (Å²) in [6.45, 7) is 8.36. The van der Waals surface area contributed by atoms with Crippen molar-refractivity contribution in [3.63, 3.8) is 0 Å². The Bertz CT molecular complexity index is 960. The van der Waals surface area contributed by atoms with Crippen LogP contribution >= 0.6 is 24.0 Å². The van der Waals surface area contributed by atoms with E-state index in [1.54, 1.807) is 6.08 Å². The molecule has 1 aromatic heterocycles. The van der Waals surface area contributed by atoms with E-state index in [1.165, 1.54) is 11.8 Å². The van der Waals surface area contributed by atoms with Gasteiger partial charge in [-0.1, -0.05) is 36.1 Å². The van der Waals surface area contributed by atoms with Gasteiger partial charge < -0.3 is 19.5 Å². The molecule has 1 amide bonds. The van der Waals surface area contributed by atoms with E-state index in [1.807, 2.05) is 18.2 Å². The van der Waals surface area contributed by atoms with Crippen molar-refractivity contribution in [1.82, 2.24) is 15.1 Å². The molecule has 30 heavy (non-hydrogen) atoms. The third-order valence-electron chi connectivity index (χ3n) is 5.37. The number of carbonyl (C=O) groups excluding carboxylic acids is 1. The maximum atomic E-state index is 11.9. The average molecular weight is 443 g/mol. The van der Waals surface area contributed by atoms with E-state index >= 15 is 0 Å². The maximum Gasteiger partial charge on any atom is 0.263 e. The molecule has 0 unspecified atom stereocenters. The lowest BCUT2D eigenvalue weighted by molar-refractivity contribution is -0.115. The fourth-order valence-electron chi connectivity index (χ4n) is 3.74. The molecule has 0 aromatic carbocycles. The number of amides is 1. The van der Waals surface area contributed by atoms with Crippen molar-refractivity contribution >= 4 is 51.8 Å². The minimum atomic E-state index is -0.187. The summed E-state index contributed by atoms with van der Waals surface area (Å²) in [4.78, 5) is 22.3. The van der Waals surface area contributed by atoms with Crippen molar-refractivity contribution < 1.29 is 9.21 Å². The zero-order chi connectivity index (χ0) is 21.1. The lowest BCUT2D eigenvalue weighted by Gasteiger charge is -2.26. The Hall–Kier alpha value is -2.16. The van der Waals surface area contributed by atoms with Crippen molar-refractivity contribution in [1.29, 1.82) is 0 Å². The first-order valence-corrected chi connectivity index (χ1v) is 11.5. The van der Waals surface area contributed by atoms with E-state index in [-0.39, 0.29) is 5.91 Å². The number of hydrogen-bond acceptors (Lipinski definition) is 7. The molecule has 4 rings (SSSR count). The summed E-state index contributed by atoms with van der Waals surface area (Å²) in [6.07, 6.45) is 7.81. The molecule has 2 fully saturated rings. The molecule has 0 aliphatic carbocycles. The zero-order valence-electron chi connectivity index (χ0n) is 17.1. The van der Waals surface area contributed by atoms with Gasteiger partial charge in [-0.3, -0.25) is 4.79 Å². The average Bonchev–Trinajstić information content (AvgIpc) is 3.20. The number of carbonyl (C=O) groups is 1. The van der Waals surface area contributed by atoms with Crippen LogP contribution in [0, 0.1) is 0 Å². The second-order valence-electron chi connectivity index (χ2n) is 7.77. The highest BCUT2D eigenvalue weighted by Crippen LogP contribution is 2.29. The van der Waals surface area contributed by atoms with Gasteiger partial charge in [0.05, 0.1) is 4.91 Å². The standard InChI is InChI=1S/C22H26N4O2S2/c1-15-5-3-6-20(26-10-4-9-25(2)11-12-26)23-17(13-15)18-8-7-16(28-18)14-19-21(27)24-22(29)30-19/h7-8,13-14H,1,3-6,9-12H2,2H3,(H,24,27,29)/b17-13-,19-14-,23-20?. The Morgan fingerprint density at radius 3 is 2.90 bits per heavy atom. The van der Waals surface area contributed by atoms with E-state index in [0.717, 1.165) is 69.0 Å². The number of amidine groups is 1.